The van der Waals surface area contributed by atoms with E-state index >= 15 is 0 Å². The Morgan fingerprint density at radius 1 is 1.04 bits per heavy atom. The zero-order chi connectivity index (χ0) is 18.7. The van der Waals surface area contributed by atoms with Crippen molar-refractivity contribution >= 4 is 23.4 Å². The van der Waals surface area contributed by atoms with E-state index in [-0.39, 0.29) is 6.04 Å². The van der Waals surface area contributed by atoms with Gasteiger partial charge in [-0.2, -0.15) is 0 Å². The van der Waals surface area contributed by atoms with Gasteiger partial charge in [-0.15, -0.1) is 10.2 Å². The molecule has 0 saturated carbocycles. The van der Waals surface area contributed by atoms with Gasteiger partial charge in [0.05, 0.1) is 6.04 Å². The van der Waals surface area contributed by atoms with Gasteiger partial charge in [-0.1, -0.05) is 53.2 Å². The van der Waals surface area contributed by atoms with E-state index in [2.05, 4.69) is 57.8 Å². The second-order valence-electron chi connectivity index (χ2n) is 6.57. The van der Waals surface area contributed by atoms with E-state index < -0.39 is 0 Å². The lowest BCUT2D eigenvalue weighted by atomic mass is 10.2. The van der Waals surface area contributed by atoms with Gasteiger partial charge < -0.3 is 0 Å². The molecule has 1 unspecified atom stereocenters. The van der Waals surface area contributed by atoms with Gasteiger partial charge in [-0.25, -0.2) is 0 Å². The lowest BCUT2D eigenvalue weighted by Crippen LogP contribution is -2.20. The minimum absolute atomic E-state index is 0.145. The van der Waals surface area contributed by atoms with Crippen LogP contribution in [-0.4, -0.2) is 33.8 Å². The van der Waals surface area contributed by atoms with Gasteiger partial charge in [0.2, 0.25) is 0 Å². The Morgan fingerprint density at radius 2 is 1.69 bits per heavy atom. The standard InChI is InChI=1S/C20H23ClN4S/c1-14-5-7-16(8-6-14)13-26-20-23-22-19(15(2)24(3)4)25(20)18-11-9-17(21)10-12-18/h5-12,15H,13H2,1-4H3. The molecular weight excluding hydrogens is 364 g/mol. The molecule has 3 rings (SSSR count). The molecule has 1 aromatic heterocycles. The van der Waals surface area contributed by atoms with Crippen LogP contribution in [0.1, 0.15) is 29.9 Å². The molecule has 1 atom stereocenters. The van der Waals surface area contributed by atoms with Crippen molar-refractivity contribution < 1.29 is 0 Å². The molecule has 26 heavy (non-hydrogen) atoms. The van der Waals surface area contributed by atoms with Crippen LogP contribution < -0.4 is 0 Å². The molecule has 2 aromatic carbocycles. The summed E-state index contributed by atoms with van der Waals surface area (Å²) in [5, 5.41) is 10.6. The van der Waals surface area contributed by atoms with Crippen molar-refractivity contribution in [1.29, 1.82) is 0 Å². The monoisotopic (exact) mass is 386 g/mol. The van der Waals surface area contributed by atoms with Gasteiger partial charge in [0.1, 0.15) is 0 Å². The van der Waals surface area contributed by atoms with E-state index in [1.54, 1.807) is 11.8 Å². The molecule has 136 valence electrons. The number of hydrogen-bond donors (Lipinski definition) is 0. The third kappa shape index (κ3) is 4.29. The highest BCUT2D eigenvalue weighted by atomic mass is 35.5. The number of aryl methyl sites for hydroxylation is 1. The van der Waals surface area contributed by atoms with Gasteiger partial charge in [-0.05, 0) is 57.8 Å². The first-order valence-corrected chi connectivity index (χ1v) is 9.88. The number of thioether (sulfide) groups is 1. The lowest BCUT2D eigenvalue weighted by Gasteiger charge is -2.20. The van der Waals surface area contributed by atoms with Gasteiger partial charge >= 0.3 is 0 Å². The maximum absolute atomic E-state index is 6.07. The fourth-order valence-electron chi connectivity index (χ4n) is 2.54. The summed E-state index contributed by atoms with van der Waals surface area (Å²) in [6.45, 7) is 4.23. The maximum atomic E-state index is 6.07. The third-order valence-electron chi connectivity index (χ3n) is 4.38. The highest BCUT2D eigenvalue weighted by molar-refractivity contribution is 7.98. The Bertz CT molecular complexity index is 857. The molecule has 0 aliphatic heterocycles. The fourth-order valence-corrected chi connectivity index (χ4v) is 3.58. The van der Waals surface area contributed by atoms with Crippen molar-refractivity contribution in [2.45, 2.75) is 30.8 Å². The number of hydrogen-bond acceptors (Lipinski definition) is 4. The minimum Gasteiger partial charge on any atom is -0.300 e. The van der Waals surface area contributed by atoms with Gasteiger partial charge in [0.15, 0.2) is 11.0 Å². The van der Waals surface area contributed by atoms with Crippen LogP contribution in [0.25, 0.3) is 5.69 Å². The number of aromatic nitrogens is 3. The molecule has 0 radical (unpaired) electrons. The summed E-state index contributed by atoms with van der Waals surface area (Å²) in [6, 6.07) is 16.6. The molecule has 0 bridgehead atoms. The SMILES string of the molecule is Cc1ccc(CSc2nnc(C(C)N(C)C)n2-c2ccc(Cl)cc2)cc1. The fraction of sp³-hybridized carbons (Fsp3) is 0.300. The summed E-state index contributed by atoms with van der Waals surface area (Å²) in [7, 11) is 4.09. The van der Waals surface area contributed by atoms with Crippen LogP contribution in [0, 0.1) is 6.92 Å². The van der Waals surface area contributed by atoms with Crippen LogP contribution in [0.15, 0.2) is 53.7 Å². The Kier molecular flexibility index (Phi) is 6.01. The minimum atomic E-state index is 0.145. The van der Waals surface area contributed by atoms with Crippen LogP contribution in [0.3, 0.4) is 0 Å². The van der Waals surface area contributed by atoms with Crippen molar-refractivity contribution in [2.24, 2.45) is 0 Å². The topological polar surface area (TPSA) is 34.0 Å². The number of benzene rings is 2. The molecular formula is C20H23ClN4S. The predicted molar refractivity (Wildman–Crippen MR) is 109 cm³/mol. The van der Waals surface area contributed by atoms with Crippen LogP contribution >= 0.6 is 23.4 Å². The zero-order valence-corrected chi connectivity index (χ0v) is 17.1. The molecule has 3 aromatic rings. The zero-order valence-electron chi connectivity index (χ0n) is 15.5. The lowest BCUT2D eigenvalue weighted by molar-refractivity contribution is 0.305. The quantitative estimate of drug-likeness (QED) is 0.549. The molecule has 0 aliphatic rings. The Morgan fingerprint density at radius 3 is 2.31 bits per heavy atom. The van der Waals surface area contributed by atoms with Crippen LogP contribution in [0.4, 0.5) is 0 Å². The summed E-state index contributed by atoms with van der Waals surface area (Å²) < 4.78 is 2.12. The van der Waals surface area contributed by atoms with Crippen LogP contribution in [-0.2, 0) is 5.75 Å². The smallest absolute Gasteiger partial charge is 0.196 e. The average Bonchev–Trinajstić information content (AvgIpc) is 3.05. The van der Waals surface area contributed by atoms with Crippen molar-refractivity contribution in [3.63, 3.8) is 0 Å². The Balaban J connectivity index is 1.93. The first kappa shape index (κ1) is 19.0. The Labute approximate surface area is 164 Å². The molecule has 0 aliphatic carbocycles. The van der Waals surface area contributed by atoms with Crippen molar-refractivity contribution in [2.75, 3.05) is 14.1 Å². The van der Waals surface area contributed by atoms with E-state index in [4.69, 9.17) is 11.6 Å². The number of rotatable bonds is 6. The molecule has 0 fully saturated rings. The molecule has 0 saturated heterocycles. The van der Waals surface area contributed by atoms with Gasteiger partial charge in [0, 0.05) is 16.5 Å². The molecule has 0 amide bonds. The summed E-state index contributed by atoms with van der Waals surface area (Å²) >= 11 is 7.76. The normalized spacial score (nSPS) is 12.5. The highest BCUT2D eigenvalue weighted by Crippen LogP contribution is 2.29. The van der Waals surface area contributed by atoms with Crippen LogP contribution in [0.2, 0.25) is 5.02 Å². The van der Waals surface area contributed by atoms with E-state index in [1.165, 1.54) is 11.1 Å². The second-order valence-corrected chi connectivity index (χ2v) is 7.95. The van der Waals surface area contributed by atoms with Crippen molar-refractivity contribution in [3.05, 3.63) is 70.5 Å². The van der Waals surface area contributed by atoms with E-state index in [0.29, 0.717) is 0 Å². The van der Waals surface area contributed by atoms with E-state index in [0.717, 1.165) is 27.4 Å². The second kappa shape index (κ2) is 8.25. The Hall–Kier alpha value is -1.82. The largest absolute Gasteiger partial charge is 0.300 e. The average molecular weight is 387 g/mol. The summed E-state index contributed by atoms with van der Waals surface area (Å²) in [5.74, 6) is 1.77. The number of halogens is 1. The number of nitrogens with zero attached hydrogens (tertiary/aromatic N) is 4. The highest BCUT2D eigenvalue weighted by Gasteiger charge is 2.20. The predicted octanol–water partition coefficient (Wildman–Crippen LogP) is 5.14. The van der Waals surface area contributed by atoms with Gasteiger partial charge in [0.25, 0.3) is 0 Å². The molecule has 0 spiro atoms. The molecule has 1 heterocycles. The van der Waals surface area contributed by atoms with Crippen molar-refractivity contribution in [1.82, 2.24) is 19.7 Å². The van der Waals surface area contributed by atoms with Gasteiger partial charge in [-0.3, -0.25) is 9.47 Å². The van der Waals surface area contributed by atoms with Crippen molar-refractivity contribution in [3.8, 4) is 5.69 Å². The summed E-state index contributed by atoms with van der Waals surface area (Å²) in [5.41, 5.74) is 3.56. The summed E-state index contributed by atoms with van der Waals surface area (Å²) in [6.07, 6.45) is 0. The van der Waals surface area contributed by atoms with Crippen LogP contribution in [0.5, 0.6) is 0 Å². The van der Waals surface area contributed by atoms with E-state index in [9.17, 15) is 0 Å². The maximum Gasteiger partial charge on any atom is 0.196 e. The first-order valence-electron chi connectivity index (χ1n) is 8.51. The third-order valence-corrected chi connectivity index (χ3v) is 5.63. The summed E-state index contributed by atoms with van der Waals surface area (Å²) in [4.78, 5) is 2.13. The molecule has 6 heteroatoms. The first-order chi connectivity index (χ1) is 12.5. The molecule has 4 nitrogen and oxygen atoms in total. The molecule has 0 N–H and O–H groups in total. The van der Waals surface area contributed by atoms with E-state index in [1.807, 2.05) is 38.4 Å².